The van der Waals surface area contributed by atoms with E-state index < -0.39 is 17.2 Å². The average molecular weight is 488 g/mol. The summed E-state index contributed by atoms with van der Waals surface area (Å²) in [7, 11) is 0. The van der Waals surface area contributed by atoms with E-state index in [2.05, 4.69) is 15.0 Å². The van der Waals surface area contributed by atoms with Crippen LogP contribution in [-0.4, -0.2) is 30.1 Å². The Bertz CT molecular complexity index is 1430. The zero-order valence-corrected chi connectivity index (χ0v) is 19.7. The van der Waals surface area contributed by atoms with Gasteiger partial charge in [0.2, 0.25) is 0 Å². The highest BCUT2D eigenvalue weighted by Gasteiger charge is 2.20. The molecule has 0 fully saturated rings. The van der Waals surface area contributed by atoms with E-state index in [1.165, 1.54) is 15.9 Å². The highest BCUT2D eigenvalue weighted by atomic mass is 35.5. The lowest BCUT2D eigenvalue weighted by Crippen LogP contribution is -2.31. The van der Waals surface area contributed by atoms with Crippen molar-refractivity contribution in [1.82, 2.24) is 24.1 Å². The number of thiazole rings is 1. The van der Waals surface area contributed by atoms with Crippen LogP contribution >= 0.6 is 22.9 Å². The maximum absolute atomic E-state index is 12.6. The van der Waals surface area contributed by atoms with Crippen molar-refractivity contribution in [2.75, 3.05) is 0 Å². The number of H-pyrrole nitrogens is 1. The van der Waals surface area contributed by atoms with Crippen molar-refractivity contribution in [1.29, 1.82) is 0 Å². The summed E-state index contributed by atoms with van der Waals surface area (Å²) in [6.07, 6.45) is 1.65. The Morgan fingerprint density at radius 3 is 2.76 bits per heavy atom. The first-order valence-electron chi connectivity index (χ1n) is 10.5. The summed E-state index contributed by atoms with van der Waals surface area (Å²) in [4.78, 5) is 48.6. The molecule has 172 valence electrons. The maximum atomic E-state index is 12.6. The van der Waals surface area contributed by atoms with Crippen molar-refractivity contribution in [2.45, 2.75) is 46.4 Å². The van der Waals surface area contributed by atoms with Gasteiger partial charge in [-0.25, -0.2) is 19.6 Å². The molecule has 0 aliphatic rings. The SMILES string of the molecule is CCCCn1c(=O)[nH]c(=O)c2c1nc(COC(=O)c1csc(-c3cccc(Cl)c3)n1)n2CC. The number of esters is 1. The number of imidazole rings is 1. The van der Waals surface area contributed by atoms with E-state index in [4.69, 9.17) is 16.3 Å². The molecular formula is C22H22ClN5O4S. The number of hydrogen-bond acceptors (Lipinski definition) is 7. The number of fused-ring (bicyclic) bond motifs is 1. The van der Waals surface area contributed by atoms with E-state index in [-0.39, 0.29) is 17.8 Å². The normalized spacial score (nSPS) is 11.2. The topological polar surface area (TPSA) is 112 Å². The lowest BCUT2D eigenvalue weighted by molar-refractivity contribution is 0.0452. The molecule has 0 aliphatic carbocycles. The second-order valence-electron chi connectivity index (χ2n) is 7.33. The summed E-state index contributed by atoms with van der Waals surface area (Å²) in [5, 5.41) is 2.85. The number of halogens is 1. The van der Waals surface area contributed by atoms with E-state index >= 15 is 0 Å². The van der Waals surface area contributed by atoms with E-state index in [1.807, 2.05) is 26.0 Å². The van der Waals surface area contributed by atoms with Gasteiger partial charge in [0.25, 0.3) is 5.56 Å². The van der Waals surface area contributed by atoms with E-state index in [1.54, 1.807) is 22.1 Å². The molecular weight excluding hydrogens is 466 g/mol. The van der Waals surface area contributed by atoms with Crippen molar-refractivity contribution in [2.24, 2.45) is 0 Å². The van der Waals surface area contributed by atoms with E-state index in [0.717, 1.165) is 18.4 Å². The van der Waals surface area contributed by atoms with Crippen molar-refractivity contribution >= 4 is 40.1 Å². The number of benzene rings is 1. The molecule has 0 saturated heterocycles. The molecule has 4 rings (SSSR count). The maximum Gasteiger partial charge on any atom is 0.358 e. The molecule has 9 nitrogen and oxygen atoms in total. The minimum absolute atomic E-state index is 0.160. The number of aromatic nitrogens is 5. The fourth-order valence-electron chi connectivity index (χ4n) is 3.52. The van der Waals surface area contributed by atoms with Gasteiger partial charge in [-0.3, -0.25) is 14.3 Å². The third kappa shape index (κ3) is 4.62. The standard InChI is InChI=1S/C22H22ClN5O4S/c1-3-5-9-28-18-17(19(29)26-22(28)31)27(4-2)16(25-18)11-32-21(30)15-12-33-20(24-15)13-7-6-8-14(23)10-13/h6-8,10,12H,3-5,9,11H2,1-2H3,(H,26,29,31). The molecule has 0 unspecified atom stereocenters. The van der Waals surface area contributed by atoms with Gasteiger partial charge in [0.15, 0.2) is 16.9 Å². The molecule has 1 N–H and O–H groups in total. The van der Waals surface area contributed by atoms with Crippen LogP contribution < -0.4 is 11.2 Å². The number of unbranched alkanes of at least 4 members (excludes halogenated alkanes) is 1. The van der Waals surface area contributed by atoms with Gasteiger partial charge in [0.1, 0.15) is 17.4 Å². The number of carbonyl (C=O) groups excluding carboxylic acids is 1. The molecule has 4 aromatic rings. The minimum atomic E-state index is -0.605. The molecule has 11 heteroatoms. The first-order valence-corrected chi connectivity index (χ1v) is 11.8. The van der Waals surface area contributed by atoms with Crippen LogP contribution in [0.15, 0.2) is 39.2 Å². The predicted molar refractivity (Wildman–Crippen MR) is 127 cm³/mol. The smallest absolute Gasteiger partial charge is 0.358 e. The van der Waals surface area contributed by atoms with Crippen molar-refractivity contribution < 1.29 is 9.53 Å². The zero-order chi connectivity index (χ0) is 23.5. The highest BCUT2D eigenvalue weighted by Crippen LogP contribution is 2.26. The van der Waals surface area contributed by atoms with Crippen LogP contribution in [0.25, 0.3) is 21.7 Å². The predicted octanol–water partition coefficient (Wildman–Crippen LogP) is 3.84. The van der Waals surface area contributed by atoms with Gasteiger partial charge in [-0.1, -0.05) is 37.1 Å². The molecule has 33 heavy (non-hydrogen) atoms. The zero-order valence-electron chi connectivity index (χ0n) is 18.1. The number of nitrogens with one attached hydrogen (secondary N) is 1. The monoisotopic (exact) mass is 487 g/mol. The summed E-state index contributed by atoms with van der Waals surface area (Å²) in [5.74, 6) is -0.223. The second-order valence-corrected chi connectivity index (χ2v) is 8.63. The quantitative estimate of drug-likeness (QED) is 0.378. The third-order valence-corrected chi connectivity index (χ3v) is 6.26. The fourth-order valence-corrected chi connectivity index (χ4v) is 4.49. The molecule has 0 spiro atoms. The first kappa shape index (κ1) is 22.9. The first-order chi connectivity index (χ1) is 15.9. The molecule has 3 aromatic heterocycles. The van der Waals surface area contributed by atoms with Gasteiger partial charge in [-0.2, -0.15) is 0 Å². The van der Waals surface area contributed by atoms with Gasteiger partial charge >= 0.3 is 11.7 Å². The number of aryl methyl sites for hydroxylation is 2. The fraction of sp³-hybridized carbons (Fsp3) is 0.318. The Kier molecular flexibility index (Phi) is 6.75. The number of ether oxygens (including phenoxy) is 1. The number of hydrogen-bond donors (Lipinski definition) is 1. The van der Waals surface area contributed by atoms with Crippen LogP contribution in [0.5, 0.6) is 0 Å². The molecule has 0 saturated carbocycles. The Morgan fingerprint density at radius 2 is 2.03 bits per heavy atom. The Labute approximate surface area is 197 Å². The Hall–Kier alpha value is -3.24. The molecule has 0 amide bonds. The summed E-state index contributed by atoms with van der Waals surface area (Å²) in [6, 6.07) is 7.21. The summed E-state index contributed by atoms with van der Waals surface area (Å²) in [6.45, 7) is 4.57. The highest BCUT2D eigenvalue weighted by molar-refractivity contribution is 7.13. The number of aromatic amines is 1. The van der Waals surface area contributed by atoms with Crippen LogP contribution in [0.2, 0.25) is 5.02 Å². The van der Waals surface area contributed by atoms with Gasteiger partial charge in [-0.05, 0) is 25.5 Å². The Morgan fingerprint density at radius 1 is 1.21 bits per heavy atom. The number of nitrogens with zero attached hydrogens (tertiary/aromatic N) is 4. The van der Waals surface area contributed by atoms with Gasteiger partial charge in [0.05, 0.1) is 0 Å². The summed E-state index contributed by atoms with van der Waals surface area (Å²) >= 11 is 7.34. The average Bonchev–Trinajstić information content (AvgIpc) is 3.43. The van der Waals surface area contributed by atoms with E-state index in [0.29, 0.717) is 34.6 Å². The van der Waals surface area contributed by atoms with Crippen LogP contribution in [0.4, 0.5) is 0 Å². The van der Waals surface area contributed by atoms with E-state index in [9.17, 15) is 14.4 Å². The van der Waals surface area contributed by atoms with Crippen LogP contribution in [0.3, 0.4) is 0 Å². The minimum Gasteiger partial charge on any atom is -0.453 e. The third-order valence-electron chi connectivity index (χ3n) is 5.13. The lowest BCUT2D eigenvalue weighted by atomic mass is 10.2. The van der Waals surface area contributed by atoms with Gasteiger partial charge < -0.3 is 9.30 Å². The lowest BCUT2D eigenvalue weighted by Gasteiger charge is -2.06. The van der Waals surface area contributed by atoms with Crippen LogP contribution in [0.1, 0.15) is 43.0 Å². The molecule has 0 aliphatic heterocycles. The van der Waals surface area contributed by atoms with Crippen LogP contribution in [0, 0.1) is 0 Å². The molecule has 3 heterocycles. The molecule has 0 atom stereocenters. The van der Waals surface area contributed by atoms with Crippen molar-refractivity contribution in [3.05, 3.63) is 67.0 Å². The molecule has 0 bridgehead atoms. The van der Waals surface area contributed by atoms with Gasteiger partial charge in [0, 0.05) is 29.1 Å². The molecule has 1 aromatic carbocycles. The summed E-state index contributed by atoms with van der Waals surface area (Å²) in [5.41, 5.74) is 0.551. The van der Waals surface area contributed by atoms with Crippen molar-refractivity contribution in [3.8, 4) is 10.6 Å². The van der Waals surface area contributed by atoms with Crippen molar-refractivity contribution in [3.63, 3.8) is 0 Å². The summed E-state index contributed by atoms with van der Waals surface area (Å²) < 4.78 is 8.55. The second kappa shape index (κ2) is 9.72. The van der Waals surface area contributed by atoms with Crippen LogP contribution in [-0.2, 0) is 24.4 Å². The number of carbonyl (C=O) groups is 1. The largest absolute Gasteiger partial charge is 0.453 e. The number of rotatable bonds is 8. The van der Waals surface area contributed by atoms with Gasteiger partial charge in [-0.15, -0.1) is 11.3 Å². The molecule has 0 radical (unpaired) electrons. The Balaban J connectivity index is 1.59.